The second-order valence-corrected chi connectivity index (χ2v) is 7.54. The lowest BCUT2D eigenvalue weighted by Gasteiger charge is -2.39. The molecule has 2 heterocycles. The van der Waals surface area contributed by atoms with Crippen molar-refractivity contribution in [2.24, 2.45) is 11.7 Å². The van der Waals surface area contributed by atoms with E-state index in [1.165, 1.54) is 23.5 Å². The van der Waals surface area contributed by atoms with E-state index in [4.69, 9.17) is 5.73 Å². The number of nitrogens with two attached hydrogens (primary N) is 1. The van der Waals surface area contributed by atoms with Crippen LogP contribution in [0.4, 0.5) is 4.39 Å². The van der Waals surface area contributed by atoms with E-state index in [1.54, 1.807) is 12.1 Å². The van der Waals surface area contributed by atoms with Crippen molar-refractivity contribution in [3.63, 3.8) is 0 Å². The summed E-state index contributed by atoms with van der Waals surface area (Å²) in [6, 6.07) is 6.25. The third-order valence-corrected chi connectivity index (χ3v) is 5.68. The van der Waals surface area contributed by atoms with Gasteiger partial charge in [0.1, 0.15) is 11.5 Å². The summed E-state index contributed by atoms with van der Waals surface area (Å²) in [6.45, 7) is 5.20. The van der Waals surface area contributed by atoms with Crippen LogP contribution in [0.2, 0.25) is 0 Å². The summed E-state index contributed by atoms with van der Waals surface area (Å²) in [4.78, 5) is 20.3. The highest BCUT2D eigenvalue weighted by atomic mass is 32.1. The molecule has 1 saturated heterocycles. The maximum atomic E-state index is 13.2. The lowest BCUT2D eigenvalue weighted by atomic mass is 9.90. The Morgan fingerprint density at radius 1 is 1.42 bits per heavy atom. The fourth-order valence-corrected chi connectivity index (χ4v) is 4.28. The smallest absolute Gasteiger partial charge is 0.274 e. The van der Waals surface area contributed by atoms with E-state index in [1.807, 2.05) is 11.8 Å². The number of halogens is 1. The van der Waals surface area contributed by atoms with Gasteiger partial charge in [0, 0.05) is 19.1 Å². The van der Waals surface area contributed by atoms with E-state index >= 15 is 0 Å². The molecular weight excluding hydrogens is 325 g/mol. The lowest BCUT2D eigenvalue weighted by molar-refractivity contribution is 0.0528. The van der Waals surface area contributed by atoms with E-state index in [9.17, 15) is 9.18 Å². The van der Waals surface area contributed by atoms with Crippen molar-refractivity contribution < 1.29 is 9.18 Å². The number of benzene rings is 1. The van der Waals surface area contributed by atoms with Gasteiger partial charge in [0.15, 0.2) is 0 Å². The average Bonchev–Trinajstić information content (AvgIpc) is 2.96. The molecule has 1 aromatic heterocycles. The normalized spacial score (nSPS) is 21.1. The molecule has 0 radical (unpaired) electrons. The van der Waals surface area contributed by atoms with Gasteiger partial charge in [0.25, 0.3) is 5.91 Å². The maximum Gasteiger partial charge on any atom is 0.274 e. The first-order chi connectivity index (χ1) is 11.5. The summed E-state index contributed by atoms with van der Waals surface area (Å²) in [6.07, 6.45) is 2.07. The molecule has 128 valence electrons. The Kier molecular flexibility index (Phi) is 4.96. The molecule has 6 heteroatoms. The zero-order valence-electron chi connectivity index (χ0n) is 14.0. The fourth-order valence-electron chi connectivity index (χ4n) is 3.37. The summed E-state index contributed by atoms with van der Waals surface area (Å²) in [5.41, 5.74) is 7.19. The quantitative estimate of drug-likeness (QED) is 0.925. The van der Waals surface area contributed by atoms with Crippen molar-refractivity contribution in [2.45, 2.75) is 32.7 Å². The van der Waals surface area contributed by atoms with Gasteiger partial charge in [-0.1, -0.05) is 19.1 Å². The zero-order valence-corrected chi connectivity index (χ0v) is 14.8. The van der Waals surface area contributed by atoms with Crippen LogP contribution in [0.1, 0.15) is 35.3 Å². The van der Waals surface area contributed by atoms with Gasteiger partial charge in [-0.2, -0.15) is 0 Å². The summed E-state index contributed by atoms with van der Waals surface area (Å²) in [5, 5.41) is 0.826. The molecule has 1 aliphatic rings. The molecule has 1 unspecified atom stereocenters. The monoisotopic (exact) mass is 347 g/mol. The molecule has 1 aliphatic heterocycles. The number of hydrogen-bond donors (Lipinski definition) is 1. The van der Waals surface area contributed by atoms with Crippen LogP contribution in [0, 0.1) is 18.7 Å². The largest absolute Gasteiger partial charge is 0.333 e. The van der Waals surface area contributed by atoms with Crippen LogP contribution in [0.15, 0.2) is 24.3 Å². The van der Waals surface area contributed by atoms with Crippen LogP contribution in [-0.4, -0.2) is 34.9 Å². The molecule has 3 rings (SSSR count). The minimum atomic E-state index is -0.291. The van der Waals surface area contributed by atoms with Crippen molar-refractivity contribution in [1.29, 1.82) is 0 Å². The number of likely N-dealkylation sites (tertiary alicyclic amines) is 1. The molecular formula is C18H22FN3OS. The van der Waals surface area contributed by atoms with Crippen molar-refractivity contribution in [2.75, 3.05) is 13.1 Å². The molecule has 2 aromatic rings. The van der Waals surface area contributed by atoms with E-state index < -0.39 is 0 Å². The van der Waals surface area contributed by atoms with Crippen LogP contribution in [0.25, 0.3) is 10.4 Å². The summed E-state index contributed by atoms with van der Waals surface area (Å²) in [7, 11) is 0. The Hall–Kier alpha value is -1.79. The molecule has 1 aromatic carbocycles. The highest BCUT2D eigenvalue weighted by Gasteiger charge is 2.33. The molecule has 0 saturated carbocycles. The second-order valence-electron chi connectivity index (χ2n) is 6.34. The highest BCUT2D eigenvalue weighted by molar-refractivity contribution is 7.15. The number of rotatable bonds is 3. The minimum absolute atomic E-state index is 0.0503. The number of aryl methyl sites for hydroxylation is 1. The molecule has 1 amide bonds. The van der Waals surface area contributed by atoms with Gasteiger partial charge in [-0.05, 0) is 43.4 Å². The molecule has 1 fully saturated rings. The lowest BCUT2D eigenvalue weighted by Crippen LogP contribution is -2.51. The van der Waals surface area contributed by atoms with Crippen LogP contribution >= 0.6 is 11.3 Å². The van der Waals surface area contributed by atoms with Crippen molar-refractivity contribution in [3.8, 4) is 10.4 Å². The third-order valence-electron chi connectivity index (χ3n) is 4.66. The summed E-state index contributed by atoms with van der Waals surface area (Å²) >= 11 is 1.46. The zero-order chi connectivity index (χ0) is 17.3. The molecule has 4 nitrogen and oxygen atoms in total. The Balaban J connectivity index is 1.97. The Morgan fingerprint density at radius 2 is 2.12 bits per heavy atom. The number of aromatic nitrogens is 1. The average molecular weight is 347 g/mol. The van der Waals surface area contributed by atoms with Crippen LogP contribution in [-0.2, 0) is 0 Å². The standard InChI is InChI=1S/C18H22FN3OS/c1-11-4-3-9-22(15(11)10-20)18(23)16-17(24-12(2)21-16)13-5-7-14(19)8-6-13/h5-8,11,15H,3-4,9-10,20H2,1-2H3/t11-,15?/m0/s1. The number of amides is 1. The van der Waals surface area contributed by atoms with E-state index in [-0.39, 0.29) is 17.8 Å². The van der Waals surface area contributed by atoms with E-state index in [0.717, 1.165) is 28.3 Å². The number of hydrogen-bond acceptors (Lipinski definition) is 4. The van der Waals surface area contributed by atoms with Crippen LogP contribution in [0.3, 0.4) is 0 Å². The first kappa shape index (κ1) is 17.0. The molecule has 0 bridgehead atoms. The van der Waals surface area contributed by atoms with Crippen LogP contribution < -0.4 is 5.73 Å². The van der Waals surface area contributed by atoms with Gasteiger partial charge < -0.3 is 10.6 Å². The minimum Gasteiger partial charge on any atom is -0.333 e. The van der Waals surface area contributed by atoms with Crippen molar-refractivity contribution in [1.82, 2.24) is 9.88 Å². The number of thiazole rings is 1. The first-order valence-corrected chi connectivity index (χ1v) is 9.07. The van der Waals surface area contributed by atoms with E-state index in [0.29, 0.717) is 24.7 Å². The predicted molar refractivity (Wildman–Crippen MR) is 94.5 cm³/mol. The second kappa shape index (κ2) is 6.99. The van der Waals surface area contributed by atoms with Gasteiger partial charge in [0.2, 0.25) is 0 Å². The van der Waals surface area contributed by atoms with Crippen LogP contribution in [0.5, 0.6) is 0 Å². The van der Waals surface area contributed by atoms with Gasteiger partial charge in [-0.3, -0.25) is 4.79 Å². The maximum absolute atomic E-state index is 13.2. The van der Waals surface area contributed by atoms with Crippen molar-refractivity contribution >= 4 is 17.2 Å². The van der Waals surface area contributed by atoms with Crippen molar-refractivity contribution in [3.05, 3.63) is 40.8 Å². The predicted octanol–water partition coefficient (Wildman–Crippen LogP) is 3.46. The SMILES string of the molecule is Cc1nc(C(=O)N2CCC[C@H](C)C2CN)c(-c2ccc(F)cc2)s1. The molecule has 0 aliphatic carbocycles. The number of piperidine rings is 1. The van der Waals surface area contributed by atoms with Gasteiger partial charge in [0.05, 0.1) is 9.88 Å². The van der Waals surface area contributed by atoms with Gasteiger partial charge in [-0.25, -0.2) is 9.37 Å². The molecule has 0 spiro atoms. The third kappa shape index (κ3) is 3.21. The Labute approximate surface area is 145 Å². The van der Waals surface area contributed by atoms with Gasteiger partial charge in [-0.15, -0.1) is 11.3 Å². The van der Waals surface area contributed by atoms with Gasteiger partial charge >= 0.3 is 0 Å². The number of carbonyl (C=O) groups is 1. The topological polar surface area (TPSA) is 59.2 Å². The molecule has 24 heavy (non-hydrogen) atoms. The number of nitrogens with zero attached hydrogens (tertiary/aromatic N) is 2. The highest BCUT2D eigenvalue weighted by Crippen LogP contribution is 2.33. The Morgan fingerprint density at radius 3 is 2.79 bits per heavy atom. The molecule has 2 atom stereocenters. The van der Waals surface area contributed by atoms with E-state index in [2.05, 4.69) is 11.9 Å². The number of carbonyl (C=O) groups excluding carboxylic acids is 1. The summed E-state index contributed by atoms with van der Waals surface area (Å²) in [5.74, 6) is 0.0308. The molecule has 2 N–H and O–H groups in total. The summed E-state index contributed by atoms with van der Waals surface area (Å²) < 4.78 is 13.2. The first-order valence-electron chi connectivity index (χ1n) is 8.25. The Bertz CT molecular complexity index is 728. The fraction of sp³-hybridized carbons (Fsp3) is 0.444.